The molecule has 1 atom stereocenters. The van der Waals surface area contributed by atoms with Crippen molar-refractivity contribution < 1.29 is 17.9 Å². The van der Waals surface area contributed by atoms with E-state index in [0.29, 0.717) is 12.8 Å². The van der Waals surface area contributed by atoms with Crippen LogP contribution < -0.4 is 4.72 Å². The molecule has 1 aliphatic carbocycles. The molecule has 4 nitrogen and oxygen atoms in total. The number of aliphatic hydroxyl groups is 1. The lowest BCUT2D eigenvalue weighted by Gasteiger charge is -2.24. The molecular weight excluding hydrogens is 341 g/mol. The van der Waals surface area contributed by atoms with E-state index in [1.54, 1.807) is 6.07 Å². The summed E-state index contributed by atoms with van der Waals surface area (Å²) < 4.78 is 40.2. The van der Waals surface area contributed by atoms with Crippen molar-refractivity contribution >= 4 is 21.6 Å². The fourth-order valence-electron chi connectivity index (χ4n) is 2.79. The van der Waals surface area contributed by atoms with Crippen molar-refractivity contribution in [2.75, 3.05) is 6.54 Å². The highest BCUT2D eigenvalue weighted by Gasteiger charge is 2.37. The lowest BCUT2D eigenvalue weighted by Crippen LogP contribution is -2.39. The zero-order chi connectivity index (χ0) is 16.7. The zero-order valence-electron chi connectivity index (χ0n) is 12.1. The summed E-state index contributed by atoms with van der Waals surface area (Å²) in [5.41, 5.74) is 0.506. The molecule has 2 aromatic carbocycles. The van der Waals surface area contributed by atoms with Crippen molar-refractivity contribution in [1.29, 1.82) is 0 Å². The van der Waals surface area contributed by atoms with E-state index in [0.717, 1.165) is 29.3 Å². The summed E-state index contributed by atoms with van der Waals surface area (Å²) in [5.74, 6) is -0.686. The topological polar surface area (TPSA) is 66.4 Å². The summed E-state index contributed by atoms with van der Waals surface area (Å²) in [7, 11) is -3.89. The van der Waals surface area contributed by atoms with Crippen LogP contribution in [0.15, 0.2) is 47.4 Å². The predicted octanol–water partition coefficient (Wildman–Crippen LogP) is 2.59. The Bertz CT molecular complexity index is 856. The Morgan fingerprint density at radius 2 is 2.00 bits per heavy atom. The average molecular weight is 356 g/mol. The lowest BCUT2D eigenvalue weighted by atomic mass is 9.96. The quantitative estimate of drug-likeness (QED) is 0.886. The highest BCUT2D eigenvalue weighted by molar-refractivity contribution is 7.89. The largest absolute Gasteiger partial charge is 0.384 e. The normalized spacial score (nSPS) is 20.5. The molecule has 0 aliphatic heterocycles. The molecule has 1 aliphatic rings. The van der Waals surface area contributed by atoms with E-state index in [-0.39, 0.29) is 16.5 Å². The standard InChI is InChI=1S/C16H15ClFNO3S/c17-14-9-12(5-6-15(14)18)23(21,22)19-10-16(20)8-7-11-3-1-2-4-13(11)16/h1-6,9,19-20H,7-8,10H2/t16-/m1/s1. The molecule has 122 valence electrons. The highest BCUT2D eigenvalue weighted by atomic mass is 35.5. The first-order valence-electron chi connectivity index (χ1n) is 7.07. The van der Waals surface area contributed by atoms with Gasteiger partial charge in [0.1, 0.15) is 11.4 Å². The van der Waals surface area contributed by atoms with Gasteiger partial charge >= 0.3 is 0 Å². The second-order valence-corrected chi connectivity index (χ2v) is 7.76. The third kappa shape index (κ3) is 3.12. The first-order valence-corrected chi connectivity index (χ1v) is 8.93. The van der Waals surface area contributed by atoms with E-state index in [1.807, 2.05) is 18.2 Å². The predicted molar refractivity (Wildman–Crippen MR) is 85.3 cm³/mol. The van der Waals surface area contributed by atoms with Gasteiger partial charge in [-0.05, 0) is 42.2 Å². The molecule has 23 heavy (non-hydrogen) atoms. The van der Waals surface area contributed by atoms with Gasteiger partial charge in [-0.15, -0.1) is 0 Å². The fraction of sp³-hybridized carbons (Fsp3) is 0.250. The lowest BCUT2D eigenvalue weighted by molar-refractivity contribution is 0.0442. The number of benzene rings is 2. The summed E-state index contributed by atoms with van der Waals surface area (Å²) in [4.78, 5) is -0.140. The second-order valence-electron chi connectivity index (χ2n) is 5.59. The van der Waals surface area contributed by atoms with Crippen LogP contribution in [0.2, 0.25) is 5.02 Å². The maximum absolute atomic E-state index is 13.2. The van der Waals surface area contributed by atoms with E-state index in [2.05, 4.69) is 4.72 Å². The van der Waals surface area contributed by atoms with Crippen molar-refractivity contribution in [1.82, 2.24) is 4.72 Å². The molecule has 0 saturated heterocycles. The first-order chi connectivity index (χ1) is 10.8. The van der Waals surface area contributed by atoms with Gasteiger partial charge in [0.05, 0.1) is 9.92 Å². The highest BCUT2D eigenvalue weighted by Crippen LogP contribution is 2.36. The van der Waals surface area contributed by atoms with Gasteiger partial charge in [-0.1, -0.05) is 35.9 Å². The molecule has 2 aromatic rings. The van der Waals surface area contributed by atoms with Gasteiger partial charge in [0.15, 0.2) is 0 Å². The van der Waals surface area contributed by atoms with Gasteiger partial charge in [0.25, 0.3) is 0 Å². The Hall–Kier alpha value is -1.47. The summed E-state index contributed by atoms with van der Waals surface area (Å²) in [5, 5.41) is 10.5. The molecule has 0 radical (unpaired) electrons. The smallest absolute Gasteiger partial charge is 0.240 e. The van der Waals surface area contributed by atoms with E-state index >= 15 is 0 Å². The van der Waals surface area contributed by atoms with Crippen LogP contribution in [-0.4, -0.2) is 20.1 Å². The van der Waals surface area contributed by atoms with Crippen LogP contribution in [0, 0.1) is 5.82 Å². The Balaban J connectivity index is 1.81. The van der Waals surface area contributed by atoms with Crippen LogP contribution in [0.4, 0.5) is 4.39 Å². The molecule has 0 heterocycles. The summed E-state index contributed by atoms with van der Waals surface area (Å²) >= 11 is 5.62. The van der Waals surface area contributed by atoms with E-state index in [9.17, 15) is 17.9 Å². The summed E-state index contributed by atoms with van der Waals surface area (Å²) in [6.45, 7) is -0.151. The number of fused-ring (bicyclic) bond motifs is 1. The van der Waals surface area contributed by atoms with Gasteiger partial charge in [-0.2, -0.15) is 0 Å². The van der Waals surface area contributed by atoms with Crippen molar-refractivity contribution in [3.05, 3.63) is 64.4 Å². The number of nitrogens with one attached hydrogen (secondary N) is 1. The maximum atomic E-state index is 13.2. The number of aryl methyl sites for hydroxylation is 1. The van der Waals surface area contributed by atoms with E-state index < -0.39 is 21.4 Å². The van der Waals surface area contributed by atoms with Crippen LogP contribution in [0.1, 0.15) is 17.5 Å². The van der Waals surface area contributed by atoms with Gasteiger partial charge in [0.2, 0.25) is 10.0 Å². The molecule has 0 aromatic heterocycles. The molecule has 7 heteroatoms. The van der Waals surface area contributed by atoms with Crippen molar-refractivity contribution in [2.24, 2.45) is 0 Å². The molecule has 0 saturated carbocycles. The number of rotatable bonds is 4. The Kier molecular flexibility index (Phi) is 4.18. The molecule has 0 unspecified atom stereocenters. The minimum absolute atomic E-state index is 0.140. The maximum Gasteiger partial charge on any atom is 0.240 e. The molecule has 0 fully saturated rings. The van der Waals surface area contributed by atoms with Gasteiger partial charge in [-0.25, -0.2) is 17.5 Å². The first kappa shape index (κ1) is 16.4. The number of halogens is 2. The number of sulfonamides is 1. The Labute approximate surface area is 139 Å². The van der Waals surface area contributed by atoms with E-state index in [1.165, 1.54) is 0 Å². The Morgan fingerprint density at radius 1 is 1.26 bits per heavy atom. The number of hydrogen-bond acceptors (Lipinski definition) is 3. The minimum atomic E-state index is -3.89. The van der Waals surface area contributed by atoms with E-state index in [4.69, 9.17) is 11.6 Å². The van der Waals surface area contributed by atoms with Crippen LogP contribution in [0.25, 0.3) is 0 Å². The van der Waals surface area contributed by atoms with Crippen LogP contribution in [0.3, 0.4) is 0 Å². The number of hydrogen-bond donors (Lipinski definition) is 2. The fourth-order valence-corrected chi connectivity index (χ4v) is 4.15. The van der Waals surface area contributed by atoms with Crippen LogP contribution in [-0.2, 0) is 22.0 Å². The SMILES string of the molecule is O=S(=O)(NC[C@]1(O)CCc2ccccc21)c1ccc(F)c(Cl)c1. The molecule has 0 amide bonds. The monoisotopic (exact) mass is 355 g/mol. The molecule has 2 N–H and O–H groups in total. The zero-order valence-corrected chi connectivity index (χ0v) is 13.7. The van der Waals surface area contributed by atoms with Crippen molar-refractivity contribution in [2.45, 2.75) is 23.3 Å². The summed E-state index contributed by atoms with van der Waals surface area (Å²) in [6, 6.07) is 10.6. The van der Waals surface area contributed by atoms with Gasteiger partial charge in [-0.3, -0.25) is 0 Å². The second kappa shape index (κ2) is 5.87. The van der Waals surface area contributed by atoms with Crippen molar-refractivity contribution in [3.63, 3.8) is 0 Å². The average Bonchev–Trinajstić information content (AvgIpc) is 2.87. The van der Waals surface area contributed by atoms with Gasteiger partial charge < -0.3 is 5.11 Å². The molecule has 0 bridgehead atoms. The van der Waals surface area contributed by atoms with Crippen molar-refractivity contribution in [3.8, 4) is 0 Å². The van der Waals surface area contributed by atoms with Crippen LogP contribution >= 0.6 is 11.6 Å². The third-order valence-corrected chi connectivity index (χ3v) is 5.77. The molecule has 3 rings (SSSR count). The molecule has 0 spiro atoms. The third-order valence-electron chi connectivity index (χ3n) is 4.08. The van der Waals surface area contributed by atoms with Gasteiger partial charge in [0, 0.05) is 6.54 Å². The molecular formula is C16H15ClFNO3S. The minimum Gasteiger partial charge on any atom is -0.384 e. The Morgan fingerprint density at radius 3 is 2.74 bits per heavy atom. The summed E-state index contributed by atoms with van der Waals surface area (Å²) in [6.07, 6.45) is 1.13. The van der Waals surface area contributed by atoms with Crippen LogP contribution in [0.5, 0.6) is 0 Å².